The van der Waals surface area contributed by atoms with E-state index in [1.807, 2.05) is 0 Å². The van der Waals surface area contributed by atoms with Gasteiger partial charge in [0.15, 0.2) is 6.61 Å². The Balaban J connectivity index is 1.63. The Morgan fingerprint density at radius 1 is 1.21 bits per heavy atom. The number of hydrogen-bond donors (Lipinski definition) is 1. The van der Waals surface area contributed by atoms with Crippen LogP contribution in [0.2, 0.25) is 5.02 Å². The van der Waals surface area contributed by atoms with E-state index in [2.05, 4.69) is 5.32 Å². The third-order valence-electron chi connectivity index (χ3n) is 4.31. The van der Waals surface area contributed by atoms with Crippen LogP contribution in [-0.4, -0.2) is 43.2 Å². The molecule has 11 heteroatoms. The number of hydrogen-bond acceptors (Lipinski definition) is 6. The molecule has 2 aromatic carbocycles. The number of benzene rings is 2. The van der Waals surface area contributed by atoms with Crippen LogP contribution in [-0.2, 0) is 14.8 Å². The fourth-order valence-electron chi connectivity index (χ4n) is 2.87. The molecule has 0 aliphatic carbocycles. The molecule has 0 saturated carbocycles. The standard InChI is InChI=1S/C18H18ClN3O6S/c19-16-11-15(29(26,27)21-8-1-2-9-21)6-7-17(16)28-12-18(23)20-13-4-3-5-14(10-13)22(24)25/h3-7,10-11H,1-2,8-9,12H2,(H,20,23). The summed E-state index contributed by atoms with van der Waals surface area (Å²) in [5.74, 6) is -0.392. The van der Waals surface area contributed by atoms with E-state index in [1.165, 1.54) is 46.8 Å². The smallest absolute Gasteiger partial charge is 0.271 e. The molecule has 29 heavy (non-hydrogen) atoms. The third-order valence-corrected chi connectivity index (χ3v) is 6.50. The van der Waals surface area contributed by atoms with Gasteiger partial charge >= 0.3 is 0 Å². The minimum absolute atomic E-state index is 0.0634. The minimum atomic E-state index is -3.60. The average molecular weight is 440 g/mol. The number of nitrogens with one attached hydrogen (secondary N) is 1. The molecule has 0 bridgehead atoms. The van der Waals surface area contributed by atoms with E-state index in [4.69, 9.17) is 16.3 Å². The molecule has 3 rings (SSSR count). The monoisotopic (exact) mass is 439 g/mol. The van der Waals surface area contributed by atoms with Crippen LogP contribution in [0.15, 0.2) is 47.4 Å². The van der Waals surface area contributed by atoms with Gasteiger partial charge in [0.25, 0.3) is 11.6 Å². The summed E-state index contributed by atoms with van der Waals surface area (Å²) in [4.78, 5) is 22.3. The van der Waals surface area contributed by atoms with Crippen LogP contribution in [0.3, 0.4) is 0 Å². The molecule has 0 spiro atoms. The van der Waals surface area contributed by atoms with Gasteiger partial charge in [0, 0.05) is 30.9 Å². The van der Waals surface area contributed by atoms with Crippen molar-refractivity contribution in [2.75, 3.05) is 25.0 Å². The predicted octanol–water partition coefficient (Wildman–Crippen LogP) is 3.05. The lowest BCUT2D eigenvalue weighted by atomic mass is 10.3. The van der Waals surface area contributed by atoms with Crippen molar-refractivity contribution >= 4 is 38.9 Å². The van der Waals surface area contributed by atoms with Crippen molar-refractivity contribution in [3.05, 3.63) is 57.6 Å². The Bertz CT molecular complexity index is 1040. The van der Waals surface area contributed by atoms with Crippen LogP contribution in [0, 0.1) is 10.1 Å². The Morgan fingerprint density at radius 2 is 1.93 bits per heavy atom. The number of rotatable bonds is 7. The zero-order valence-corrected chi connectivity index (χ0v) is 16.8. The maximum absolute atomic E-state index is 12.6. The van der Waals surface area contributed by atoms with Crippen LogP contribution < -0.4 is 10.1 Å². The van der Waals surface area contributed by atoms with Crippen LogP contribution in [0.4, 0.5) is 11.4 Å². The lowest BCUT2D eigenvalue weighted by molar-refractivity contribution is -0.384. The lowest BCUT2D eigenvalue weighted by Crippen LogP contribution is -2.27. The van der Waals surface area contributed by atoms with Gasteiger partial charge in [-0.3, -0.25) is 14.9 Å². The highest BCUT2D eigenvalue weighted by Gasteiger charge is 2.27. The Morgan fingerprint density at radius 3 is 2.59 bits per heavy atom. The van der Waals surface area contributed by atoms with Crippen molar-refractivity contribution in [2.24, 2.45) is 0 Å². The second-order valence-electron chi connectivity index (χ2n) is 6.35. The molecule has 9 nitrogen and oxygen atoms in total. The molecule has 1 heterocycles. The first-order chi connectivity index (χ1) is 13.8. The first-order valence-electron chi connectivity index (χ1n) is 8.74. The molecule has 0 radical (unpaired) electrons. The summed E-state index contributed by atoms with van der Waals surface area (Å²) < 4.78 is 31.9. The summed E-state index contributed by atoms with van der Waals surface area (Å²) in [5.41, 5.74) is 0.104. The molecule has 0 unspecified atom stereocenters. The number of nitrogens with zero attached hydrogens (tertiary/aromatic N) is 2. The number of non-ortho nitro benzene ring substituents is 1. The predicted molar refractivity (Wildman–Crippen MR) is 107 cm³/mol. The van der Waals surface area contributed by atoms with Gasteiger partial charge in [-0.1, -0.05) is 17.7 Å². The summed E-state index contributed by atoms with van der Waals surface area (Å²) in [7, 11) is -3.60. The van der Waals surface area contributed by atoms with E-state index in [9.17, 15) is 23.3 Å². The highest BCUT2D eigenvalue weighted by molar-refractivity contribution is 7.89. The van der Waals surface area contributed by atoms with Crippen molar-refractivity contribution in [3.63, 3.8) is 0 Å². The fraction of sp³-hybridized carbons (Fsp3) is 0.278. The van der Waals surface area contributed by atoms with Crippen LogP contribution >= 0.6 is 11.6 Å². The maximum Gasteiger partial charge on any atom is 0.271 e. The Hall–Kier alpha value is -2.69. The lowest BCUT2D eigenvalue weighted by Gasteiger charge is -2.16. The summed E-state index contributed by atoms with van der Waals surface area (Å²) in [5, 5.41) is 13.3. The number of carbonyl (C=O) groups is 1. The number of ether oxygens (including phenoxy) is 1. The van der Waals surface area contributed by atoms with Crippen LogP contribution in [0.25, 0.3) is 0 Å². The minimum Gasteiger partial charge on any atom is -0.482 e. The molecule has 0 atom stereocenters. The van der Waals surface area contributed by atoms with E-state index in [0.717, 1.165) is 12.8 Å². The number of halogens is 1. The summed E-state index contributed by atoms with van der Waals surface area (Å²) in [6, 6.07) is 9.57. The van der Waals surface area contributed by atoms with Gasteiger partial charge in [0.2, 0.25) is 10.0 Å². The van der Waals surface area contributed by atoms with Gasteiger partial charge in [0.1, 0.15) is 5.75 Å². The number of anilines is 1. The van der Waals surface area contributed by atoms with Crippen LogP contribution in [0.1, 0.15) is 12.8 Å². The van der Waals surface area contributed by atoms with Crippen molar-refractivity contribution < 1.29 is 22.9 Å². The third kappa shape index (κ3) is 5.03. The molecule has 0 aromatic heterocycles. The van der Waals surface area contributed by atoms with Crippen molar-refractivity contribution in [2.45, 2.75) is 17.7 Å². The fourth-order valence-corrected chi connectivity index (χ4v) is 4.72. The van der Waals surface area contributed by atoms with E-state index in [-0.39, 0.29) is 27.0 Å². The number of amides is 1. The van der Waals surface area contributed by atoms with E-state index in [1.54, 1.807) is 0 Å². The summed E-state index contributed by atoms with van der Waals surface area (Å²) in [6.45, 7) is 0.562. The second kappa shape index (κ2) is 8.76. The Kier molecular flexibility index (Phi) is 6.36. The molecule has 1 aliphatic heterocycles. The van der Waals surface area contributed by atoms with E-state index in [0.29, 0.717) is 13.1 Å². The van der Waals surface area contributed by atoms with Crippen LogP contribution in [0.5, 0.6) is 5.75 Å². The highest BCUT2D eigenvalue weighted by Crippen LogP contribution is 2.30. The maximum atomic E-state index is 12.6. The second-order valence-corrected chi connectivity index (χ2v) is 8.69. The molecular weight excluding hydrogens is 422 g/mol. The number of nitro groups is 1. The van der Waals surface area contributed by atoms with Crippen molar-refractivity contribution in [3.8, 4) is 5.75 Å². The van der Waals surface area contributed by atoms with Gasteiger partial charge in [-0.05, 0) is 37.1 Å². The SMILES string of the molecule is O=C(COc1ccc(S(=O)(=O)N2CCCC2)cc1Cl)Nc1cccc([N+](=O)[O-])c1. The molecule has 1 fully saturated rings. The van der Waals surface area contributed by atoms with Gasteiger partial charge in [-0.15, -0.1) is 0 Å². The average Bonchev–Trinajstić information content (AvgIpc) is 3.23. The molecule has 1 amide bonds. The first-order valence-corrected chi connectivity index (χ1v) is 10.6. The quantitative estimate of drug-likeness (QED) is 0.523. The molecule has 1 saturated heterocycles. The van der Waals surface area contributed by atoms with Crippen molar-refractivity contribution in [1.82, 2.24) is 4.31 Å². The van der Waals surface area contributed by atoms with Gasteiger partial charge in [-0.2, -0.15) is 4.31 Å². The van der Waals surface area contributed by atoms with E-state index < -0.39 is 27.5 Å². The highest BCUT2D eigenvalue weighted by atomic mass is 35.5. The first kappa shape index (κ1) is 21.0. The number of nitro benzene ring substituents is 1. The normalized spacial score (nSPS) is 14.5. The van der Waals surface area contributed by atoms with Gasteiger partial charge in [0.05, 0.1) is 14.8 Å². The van der Waals surface area contributed by atoms with Gasteiger partial charge in [-0.25, -0.2) is 8.42 Å². The zero-order valence-electron chi connectivity index (χ0n) is 15.2. The Labute approximate surface area is 172 Å². The zero-order chi connectivity index (χ0) is 21.0. The number of sulfonamides is 1. The van der Waals surface area contributed by atoms with Crippen molar-refractivity contribution in [1.29, 1.82) is 0 Å². The number of carbonyl (C=O) groups excluding carboxylic acids is 1. The molecular formula is C18H18ClN3O6S. The van der Waals surface area contributed by atoms with E-state index >= 15 is 0 Å². The largest absolute Gasteiger partial charge is 0.482 e. The molecule has 1 aliphatic rings. The summed E-state index contributed by atoms with van der Waals surface area (Å²) in [6.07, 6.45) is 1.65. The van der Waals surface area contributed by atoms with Gasteiger partial charge < -0.3 is 10.1 Å². The summed E-state index contributed by atoms with van der Waals surface area (Å²) >= 11 is 6.13. The molecule has 2 aromatic rings. The molecule has 1 N–H and O–H groups in total. The topological polar surface area (TPSA) is 119 Å². The molecule has 154 valence electrons.